The van der Waals surface area contributed by atoms with Gasteiger partial charge in [0.1, 0.15) is 0 Å². The first-order chi connectivity index (χ1) is 12.6. The molecule has 2 aliphatic rings. The van der Waals surface area contributed by atoms with E-state index < -0.39 is 0 Å². The zero-order chi connectivity index (χ0) is 18.4. The highest BCUT2D eigenvalue weighted by molar-refractivity contribution is 5.96. The molecule has 26 heavy (non-hydrogen) atoms. The van der Waals surface area contributed by atoms with Crippen molar-refractivity contribution < 1.29 is 9.59 Å². The van der Waals surface area contributed by atoms with E-state index in [1.54, 1.807) is 0 Å². The number of hydrogen-bond acceptors (Lipinski definition) is 4. The highest BCUT2D eigenvalue weighted by Gasteiger charge is 2.27. The SMILES string of the molecule is CC(C(=O)NC(=O)NC1CCCCC1)N1CCN(c2ccccc2)CC1. The number of rotatable bonds is 4. The molecular weight excluding hydrogens is 328 g/mol. The highest BCUT2D eigenvalue weighted by Crippen LogP contribution is 2.18. The summed E-state index contributed by atoms with van der Waals surface area (Å²) in [5, 5.41) is 5.46. The topological polar surface area (TPSA) is 64.7 Å². The van der Waals surface area contributed by atoms with E-state index in [9.17, 15) is 9.59 Å². The number of amides is 3. The van der Waals surface area contributed by atoms with Crippen molar-refractivity contribution in [1.29, 1.82) is 0 Å². The van der Waals surface area contributed by atoms with E-state index in [0.717, 1.165) is 51.9 Å². The summed E-state index contributed by atoms with van der Waals surface area (Å²) in [5.74, 6) is -0.216. The van der Waals surface area contributed by atoms with E-state index in [2.05, 4.69) is 32.6 Å². The summed E-state index contributed by atoms with van der Waals surface area (Å²) in [6.07, 6.45) is 5.57. The maximum absolute atomic E-state index is 12.4. The Bertz CT molecular complexity index is 593. The first-order valence-corrected chi connectivity index (χ1v) is 9.79. The van der Waals surface area contributed by atoms with Gasteiger partial charge in [0.05, 0.1) is 6.04 Å². The molecule has 3 amide bonds. The first-order valence-electron chi connectivity index (χ1n) is 9.79. The molecule has 1 saturated carbocycles. The Kier molecular flexibility index (Phi) is 6.50. The van der Waals surface area contributed by atoms with Gasteiger partial charge in [0, 0.05) is 37.9 Å². The molecule has 2 fully saturated rings. The lowest BCUT2D eigenvalue weighted by atomic mass is 9.96. The minimum absolute atomic E-state index is 0.210. The van der Waals surface area contributed by atoms with Crippen molar-refractivity contribution in [2.75, 3.05) is 31.1 Å². The maximum atomic E-state index is 12.4. The van der Waals surface area contributed by atoms with Crippen LogP contribution in [0, 0.1) is 0 Å². The van der Waals surface area contributed by atoms with Gasteiger partial charge in [-0.15, -0.1) is 0 Å². The molecule has 1 aliphatic carbocycles. The van der Waals surface area contributed by atoms with Crippen LogP contribution in [0.15, 0.2) is 30.3 Å². The number of imide groups is 1. The normalized spacial score (nSPS) is 20.4. The molecule has 2 N–H and O–H groups in total. The van der Waals surface area contributed by atoms with E-state index in [0.29, 0.717) is 0 Å². The zero-order valence-electron chi connectivity index (χ0n) is 15.6. The third-order valence-electron chi connectivity index (χ3n) is 5.54. The van der Waals surface area contributed by atoms with Crippen LogP contribution in [-0.4, -0.2) is 55.1 Å². The molecule has 0 spiro atoms. The fraction of sp³-hybridized carbons (Fsp3) is 0.600. The molecule has 1 aliphatic heterocycles. The van der Waals surface area contributed by atoms with Gasteiger partial charge < -0.3 is 10.2 Å². The first kappa shape index (κ1) is 18.7. The van der Waals surface area contributed by atoms with Gasteiger partial charge in [-0.25, -0.2) is 4.79 Å². The zero-order valence-corrected chi connectivity index (χ0v) is 15.6. The van der Waals surface area contributed by atoms with Crippen LogP contribution >= 0.6 is 0 Å². The van der Waals surface area contributed by atoms with Crippen LogP contribution < -0.4 is 15.5 Å². The molecule has 0 radical (unpaired) electrons. The summed E-state index contributed by atoms with van der Waals surface area (Å²) in [4.78, 5) is 29.0. The van der Waals surface area contributed by atoms with Crippen molar-refractivity contribution in [3.8, 4) is 0 Å². The average Bonchev–Trinajstić information content (AvgIpc) is 2.69. The number of benzene rings is 1. The van der Waals surface area contributed by atoms with Gasteiger partial charge in [-0.2, -0.15) is 0 Å². The highest BCUT2D eigenvalue weighted by atomic mass is 16.2. The minimum atomic E-state index is -0.350. The standard InChI is InChI=1S/C20H30N4O2/c1-16(19(25)22-20(26)21-17-8-4-2-5-9-17)23-12-14-24(15-13-23)18-10-6-3-7-11-18/h3,6-7,10-11,16-17H,2,4-5,8-9,12-15H2,1H3,(H2,21,22,25,26). The second-order valence-corrected chi connectivity index (χ2v) is 7.33. The molecule has 1 heterocycles. The summed E-state index contributed by atoms with van der Waals surface area (Å²) in [6.45, 7) is 5.27. The number of urea groups is 1. The van der Waals surface area contributed by atoms with Crippen molar-refractivity contribution in [2.24, 2.45) is 0 Å². The van der Waals surface area contributed by atoms with Crippen LogP contribution in [0.3, 0.4) is 0 Å². The fourth-order valence-corrected chi connectivity index (χ4v) is 3.86. The molecule has 0 bridgehead atoms. The van der Waals surface area contributed by atoms with Crippen LogP contribution in [0.4, 0.5) is 10.5 Å². The van der Waals surface area contributed by atoms with Crippen LogP contribution in [0.2, 0.25) is 0 Å². The van der Waals surface area contributed by atoms with Crippen molar-refractivity contribution in [3.05, 3.63) is 30.3 Å². The third-order valence-corrected chi connectivity index (χ3v) is 5.54. The number of nitrogens with zero attached hydrogens (tertiary/aromatic N) is 2. The average molecular weight is 358 g/mol. The Morgan fingerprint density at radius 1 is 1.00 bits per heavy atom. The Hall–Kier alpha value is -2.08. The minimum Gasteiger partial charge on any atom is -0.369 e. The van der Waals surface area contributed by atoms with Gasteiger partial charge in [0.2, 0.25) is 5.91 Å². The van der Waals surface area contributed by atoms with Gasteiger partial charge in [0.25, 0.3) is 0 Å². The third kappa shape index (κ3) is 4.97. The summed E-state index contributed by atoms with van der Waals surface area (Å²) in [5.41, 5.74) is 1.22. The Labute approximate surface area is 155 Å². The second-order valence-electron chi connectivity index (χ2n) is 7.33. The van der Waals surface area contributed by atoms with Crippen LogP contribution in [0.25, 0.3) is 0 Å². The van der Waals surface area contributed by atoms with E-state index in [-0.39, 0.29) is 24.0 Å². The number of carbonyl (C=O) groups is 2. The summed E-state index contributed by atoms with van der Waals surface area (Å²) < 4.78 is 0. The fourth-order valence-electron chi connectivity index (χ4n) is 3.86. The molecule has 1 aromatic carbocycles. The second kappa shape index (κ2) is 9.03. The number of para-hydroxylation sites is 1. The van der Waals surface area contributed by atoms with Crippen molar-refractivity contribution >= 4 is 17.6 Å². The smallest absolute Gasteiger partial charge is 0.321 e. The molecule has 1 atom stereocenters. The number of carbonyl (C=O) groups excluding carboxylic acids is 2. The number of nitrogens with one attached hydrogen (secondary N) is 2. The largest absolute Gasteiger partial charge is 0.369 e. The van der Waals surface area contributed by atoms with Gasteiger partial charge in [-0.05, 0) is 31.9 Å². The Balaban J connectivity index is 1.43. The van der Waals surface area contributed by atoms with Gasteiger partial charge in [0.15, 0.2) is 0 Å². The monoisotopic (exact) mass is 358 g/mol. The summed E-state index contributed by atoms with van der Waals surface area (Å²) in [6, 6.07) is 9.89. The van der Waals surface area contributed by atoms with Crippen molar-refractivity contribution in [2.45, 2.75) is 51.1 Å². The lowest BCUT2D eigenvalue weighted by Crippen LogP contribution is -2.56. The van der Waals surface area contributed by atoms with Crippen molar-refractivity contribution in [3.63, 3.8) is 0 Å². The Morgan fingerprint density at radius 3 is 2.31 bits per heavy atom. The molecular formula is C20H30N4O2. The molecule has 142 valence electrons. The van der Waals surface area contributed by atoms with Crippen LogP contribution in [-0.2, 0) is 4.79 Å². The molecule has 1 saturated heterocycles. The lowest BCUT2D eigenvalue weighted by Gasteiger charge is -2.38. The predicted molar refractivity (Wildman–Crippen MR) is 103 cm³/mol. The van der Waals surface area contributed by atoms with Crippen molar-refractivity contribution in [1.82, 2.24) is 15.5 Å². The van der Waals surface area contributed by atoms with Gasteiger partial charge in [-0.3, -0.25) is 15.0 Å². The molecule has 1 aromatic rings. The van der Waals surface area contributed by atoms with Crippen LogP contribution in [0.1, 0.15) is 39.0 Å². The predicted octanol–water partition coefficient (Wildman–Crippen LogP) is 2.36. The summed E-state index contributed by atoms with van der Waals surface area (Å²) in [7, 11) is 0. The quantitative estimate of drug-likeness (QED) is 0.867. The molecule has 3 rings (SSSR count). The molecule has 0 aromatic heterocycles. The van der Waals surface area contributed by atoms with E-state index >= 15 is 0 Å². The number of piperazine rings is 1. The van der Waals surface area contributed by atoms with E-state index in [1.165, 1.54) is 12.1 Å². The number of hydrogen-bond donors (Lipinski definition) is 2. The lowest BCUT2D eigenvalue weighted by molar-refractivity contribution is -0.124. The van der Waals surface area contributed by atoms with Gasteiger partial charge in [-0.1, -0.05) is 37.5 Å². The molecule has 6 nitrogen and oxygen atoms in total. The number of anilines is 1. The Morgan fingerprint density at radius 2 is 1.65 bits per heavy atom. The van der Waals surface area contributed by atoms with Crippen LogP contribution in [0.5, 0.6) is 0 Å². The maximum Gasteiger partial charge on any atom is 0.321 e. The summed E-state index contributed by atoms with van der Waals surface area (Å²) >= 11 is 0. The van der Waals surface area contributed by atoms with Gasteiger partial charge >= 0.3 is 6.03 Å². The van der Waals surface area contributed by atoms with E-state index in [4.69, 9.17) is 0 Å². The van der Waals surface area contributed by atoms with E-state index in [1.807, 2.05) is 25.1 Å². The molecule has 6 heteroatoms. The molecule has 1 unspecified atom stereocenters.